The number of anilines is 2. The maximum atomic E-state index is 13.1. The molecule has 0 aliphatic carbocycles. The zero-order valence-electron chi connectivity index (χ0n) is 18.1. The highest BCUT2D eigenvalue weighted by atomic mass is 32.2. The molecule has 1 aromatic heterocycles. The zero-order valence-corrected chi connectivity index (χ0v) is 19.7. The molecule has 170 valence electrons. The van der Waals surface area contributed by atoms with Crippen LogP contribution >= 0.6 is 11.3 Å². The minimum absolute atomic E-state index is 0.250. The number of carbonyl (C=O) groups is 1. The second-order valence-corrected chi connectivity index (χ2v) is 9.65. The average Bonchev–Trinajstić information content (AvgIpc) is 3.24. The molecule has 0 saturated carbocycles. The SMILES string of the molecule is CC[C@@H](C(=O)Nc1nnc(-c2ccc(OC)cc2)s1)N(c1cccc(OC)c1)S(C)(=O)=O. The molecule has 2 aromatic carbocycles. The number of amides is 1. The smallest absolute Gasteiger partial charge is 0.250 e. The second-order valence-electron chi connectivity index (χ2n) is 6.81. The molecule has 11 heteroatoms. The van der Waals surface area contributed by atoms with Crippen molar-refractivity contribution in [1.82, 2.24) is 10.2 Å². The molecule has 1 N–H and O–H groups in total. The van der Waals surface area contributed by atoms with Gasteiger partial charge in [-0.05, 0) is 42.8 Å². The third-order valence-corrected chi connectivity index (χ3v) is 6.70. The van der Waals surface area contributed by atoms with Crippen molar-refractivity contribution in [2.75, 3.05) is 30.1 Å². The number of benzene rings is 2. The Labute approximate surface area is 191 Å². The number of ether oxygens (including phenoxy) is 2. The van der Waals surface area contributed by atoms with Crippen molar-refractivity contribution in [2.45, 2.75) is 19.4 Å². The summed E-state index contributed by atoms with van der Waals surface area (Å²) in [6, 6.07) is 12.9. The van der Waals surface area contributed by atoms with Crippen LogP contribution in [0.3, 0.4) is 0 Å². The first kappa shape index (κ1) is 23.5. The third kappa shape index (κ3) is 5.35. The molecule has 0 fully saturated rings. The molecule has 0 radical (unpaired) electrons. The maximum absolute atomic E-state index is 13.1. The van der Waals surface area contributed by atoms with Crippen molar-refractivity contribution in [1.29, 1.82) is 0 Å². The lowest BCUT2D eigenvalue weighted by molar-refractivity contribution is -0.117. The van der Waals surface area contributed by atoms with E-state index in [0.717, 1.165) is 21.9 Å². The number of nitrogens with zero attached hydrogens (tertiary/aromatic N) is 3. The normalized spacial score (nSPS) is 12.1. The topological polar surface area (TPSA) is 111 Å². The number of sulfonamides is 1. The Morgan fingerprint density at radius 1 is 1.09 bits per heavy atom. The first-order valence-electron chi connectivity index (χ1n) is 9.69. The van der Waals surface area contributed by atoms with Crippen LogP contribution in [0.25, 0.3) is 10.6 Å². The van der Waals surface area contributed by atoms with Gasteiger partial charge in [0.25, 0.3) is 0 Å². The predicted octanol–water partition coefficient (Wildman–Crippen LogP) is 3.41. The van der Waals surface area contributed by atoms with Gasteiger partial charge in [0, 0.05) is 11.6 Å². The first-order valence-corrected chi connectivity index (χ1v) is 12.4. The van der Waals surface area contributed by atoms with Gasteiger partial charge >= 0.3 is 0 Å². The van der Waals surface area contributed by atoms with Gasteiger partial charge in [-0.15, -0.1) is 10.2 Å². The number of hydrogen-bond donors (Lipinski definition) is 1. The van der Waals surface area contributed by atoms with E-state index >= 15 is 0 Å². The molecule has 3 rings (SSSR count). The highest BCUT2D eigenvalue weighted by Crippen LogP contribution is 2.30. The zero-order chi connectivity index (χ0) is 23.3. The molecule has 0 bridgehead atoms. The Morgan fingerprint density at radius 3 is 2.38 bits per heavy atom. The van der Waals surface area contributed by atoms with Crippen LogP contribution in [0.2, 0.25) is 0 Å². The van der Waals surface area contributed by atoms with Crippen molar-refractivity contribution in [3.05, 3.63) is 48.5 Å². The Kier molecular flexibility index (Phi) is 7.31. The van der Waals surface area contributed by atoms with E-state index in [0.29, 0.717) is 16.4 Å². The molecule has 3 aromatic rings. The van der Waals surface area contributed by atoms with Crippen LogP contribution in [0.4, 0.5) is 10.8 Å². The molecular weight excluding hydrogens is 452 g/mol. The predicted molar refractivity (Wildman–Crippen MR) is 125 cm³/mol. The van der Waals surface area contributed by atoms with Gasteiger partial charge in [0.05, 0.1) is 26.2 Å². The minimum Gasteiger partial charge on any atom is -0.497 e. The van der Waals surface area contributed by atoms with E-state index in [9.17, 15) is 13.2 Å². The van der Waals surface area contributed by atoms with E-state index < -0.39 is 22.0 Å². The van der Waals surface area contributed by atoms with Crippen molar-refractivity contribution in [3.8, 4) is 22.1 Å². The van der Waals surface area contributed by atoms with E-state index in [1.165, 1.54) is 18.4 Å². The van der Waals surface area contributed by atoms with Crippen LogP contribution in [-0.4, -0.2) is 51.0 Å². The molecule has 1 amide bonds. The fraction of sp³-hybridized carbons (Fsp3) is 0.286. The number of hydrogen-bond acceptors (Lipinski definition) is 8. The number of nitrogens with one attached hydrogen (secondary N) is 1. The highest BCUT2D eigenvalue weighted by Gasteiger charge is 2.32. The van der Waals surface area contributed by atoms with Gasteiger partial charge in [-0.2, -0.15) is 0 Å². The van der Waals surface area contributed by atoms with Gasteiger partial charge < -0.3 is 9.47 Å². The van der Waals surface area contributed by atoms with Gasteiger partial charge in [0.2, 0.25) is 21.1 Å². The van der Waals surface area contributed by atoms with Crippen molar-refractivity contribution in [2.24, 2.45) is 0 Å². The summed E-state index contributed by atoms with van der Waals surface area (Å²) in [4.78, 5) is 13.1. The van der Waals surface area contributed by atoms with Crippen LogP contribution in [0, 0.1) is 0 Å². The molecule has 0 spiro atoms. The molecule has 1 atom stereocenters. The van der Waals surface area contributed by atoms with Gasteiger partial charge in [-0.25, -0.2) is 8.42 Å². The lowest BCUT2D eigenvalue weighted by Crippen LogP contribution is -2.47. The summed E-state index contributed by atoms with van der Waals surface area (Å²) in [7, 11) is -0.687. The lowest BCUT2D eigenvalue weighted by atomic mass is 10.2. The van der Waals surface area contributed by atoms with Crippen molar-refractivity contribution >= 4 is 38.1 Å². The summed E-state index contributed by atoms with van der Waals surface area (Å²) in [5.41, 5.74) is 1.16. The Morgan fingerprint density at radius 2 is 1.78 bits per heavy atom. The molecule has 32 heavy (non-hydrogen) atoms. The molecule has 0 aliphatic rings. The van der Waals surface area contributed by atoms with Gasteiger partial charge in [-0.3, -0.25) is 14.4 Å². The number of carbonyl (C=O) groups excluding carboxylic acids is 1. The van der Waals surface area contributed by atoms with Crippen molar-refractivity contribution < 1.29 is 22.7 Å². The minimum atomic E-state index is -3.76. The largest absolute Gasteiger partial charge is 0.497 e. The quantitative estimate of drug-likeness (QED) is 0.504. The Hall–Kier alpha value is -3.18. The van der Waals surface area contributed by atoms with E-state index in [-0.39, 0.29) is 11.6 Å². The summed E-state index contributed by atoms with van der Waals surface area (Å²) >= 11 is 1.19. The van der Waals surface area contributed by atoms with Crippen molar-refractivity contribution in [3.63, 3.8) is 0 Å². The fourth-order valence-electron chi connectivity index (χ4n) is 3.12. The lowest BCUT2D eigenvalue weighted by Gasteiger charge is -2.29. The number of aromatic nitrogens is 2. The Balaban J connectivity index is 1.84. The van der Waals surface area contributed by atoms with Crippen LogP contribution in [0.15, 0.2) is 48.5 Å². The summed E-state index contributed by atoms with van der Waals surface area (Å²) in [5, 5.41) is 11.7. The first-order chi connectivity index (χ1) is 15.3. The molecule has 0 saturated heterocycles. The third-order valence-electron chi connectivity index (χ3n) is 4.63. The molecular formula is C21H24N4O5S2. The second kappa shape index (κ2) is 9.96. The van der Waals surface area contributed by atoms with Gasteiger partial charge in [-0.1, -0.05) is 24.3 Å². The number of methoxy groups -OCH3 is 2. The summed E-state index contributed by atoms with van der Waals surface area (Å²) < 4.78 is 36.6. The summed E-state index contributed by atoms with van der Waals surface area (Å²) in [6.45, 7) is 1.74. The Bertz CT molecular complexity index is 1180. The van der Waals surface area contributed by atoms with E-state index in [4.69, 9.17) is 9.47 Å². The maximum Gasteiger partial charge on any atom is 0.250 e. The van der Waals surface area contributed by atoms with Crippen LogP contribution in [-0.2, 0) is 14.8 Å². The molecule has 0 unspecified atom stereocenters. The number of rotatable bonds is 9. The van der Waals surface area contributed by atoms with Gasteiger partial charge in [0.1, 0.15) is 22.5 Å². The summed E-state index contributed by atoms with van der Waals surface area (Å²) in [5.74, 6) is 0.703. The molecule has 9 nitrogen and oxygen atoms in total. The molecule has 1 heterocycles. The van der Waals surface area contributed by atoms with Crippen LogP contribution in [0.1, 0.15) is 13.3 Å². The van der Waals surface area contributed by atoms with Crippen LogP contribution < -0.4 is 19.1 Å². The van der Waals surface area contributed by atoms with E-state index in [2.05, 4.69) is 15.5 Å². The standard InChI is InChI=1S/C21H24N4O5S2/c1-5-18(25(32(4,27)28)15-7-6-8-17(13-15)30-3)19(26)22-21-24-23-20(31-21)14-9-11-16(29-2)12-10-14/h6-13,18H,5H2,1-4H3,(H,22,24,26)/t18-/m0/s1. The summed E-state index contributed by atoms with van der Waals surface area (Å²) in [6.07, 6.45) is 1.31. The van der Waals surface area contributed by atoms with Crippen LogP contribution in [0.5, 0.6) is 11.5 Å². The fourth-order valence-corrected chi connectivity index (χ4v) is 5.08. The molecule has 0 aliphatic heterocycles. The van der Waals surface area contributed by atoms with Gasteiger partial charge in [0.15, 0.2) is 0 Å². The highest BCUT2D eigenvalue weighted by molar-refractivity contribution is 7.92. The monoisotopic (exact) mass is 476 g/mol. The average molecular weight is 477 g/mol. The van der Waals surface area contributed by atoms with E-state index in [1.54, 1.807) is 50.4 Å². The van der Waals surface area contributed by atoms with E-state index in [1.807, 2.05) is 12.1 Å².